The number of isocyanates is 2. The first-order valence-corrected chi connectivity index (χ1v) is 7.06. The molecule has 0 bridgehead atoms. The quantitative estimate of drug-likeness (QED) is 0.199. The molecule has 110 valence electrons. The summed E-state index contributed by atoms with van der Waals surface area (Å²) < 4.78 is 0. The molecule has 4 nitrogen and oxygen atoms in total. The first kappa shape index (κ1) is 16.8. The van der Waals surface area contributed by atoms with Crippen molar-refractivity contribution in [3.05, 3.63) is 47.9 Å². The molecule has 0 N–H and O–H groups in total. The van der Waals surface area contributed by atoms with Crippen LogP contribution >= 0.6 is 0 Å². The molecular formula is C17H20N2O2. The fourth-order valence-corrected chi connectivity index (χ4v) is 1.96. The van der Waals surface area contributed by atoms with E-state index in [9.17, 15) is 9.59 Å². The molecule has 0 amide bonds. The second kappa shape index (κ2) is 9.60. The lowest BCUT2D eigenvalue weighted by molar-refractivity contribution is 0.563. The first-order chi connectivity index (χ1) is 10.2. The van der Waals surface area contributed by atoms with Gasteiger partial charge in [-0.2, -0.15) is 9.98 Å². The zero-order chi connectivity index (χ0) is 15.5. The summed E-state index contributed by atoms with van der Waals surface area (Å²) in [5, 5.41) is 0. The summed E-state index contributed by atoms with van der Waals surface area (Å²) in [6.07, 6.45) is 16.1. The van der Waals surface area contributed by atoms with Gasteiger partial charge in [-0.3, -0.25) is 0 Å². The van der Waals surface area contributed by atoms with Gasteiger partial charge in [0, 0.05) is 11.6 Å². The zero-order valence-electron chi connectivity index (χ0n) is 12.3. The molecule has 0 aliphatic heterocycles. The van der Waals surface area contributed by atoms with E-state index in [0.29, 0.717) is 17.3 Å². The van der Waals surface area contributed by atoms with Gasteiger partial charge in [0.25, 0.3) is 0 Å². The van der Waals surface area contributed by atoms with Crippen LogP contribution in [-0.2, 0) is 9.59 Å². The summed E-state index contributed by atoms with van der Waals surface area (Å²) in [6.45, 7) is 5.46. The molecule has 21 heavy (non-hydrogen) atoms. The van der Waals surface area contributed by atoms with Crippen molar-refractivity contribution < 1.29 is 9.59 Å². The summed E-state index contributed by atoms with van der Waals surface area (Å²) in [4.78, 5) is 27.2. The number of unbranched alkanes of at least 4 members (excludes halogenated alkanes) is 2. The lowest BCUT2D eigenvalue weighted by Gasteiger charge is -2.05. The van der Waals surface area contributed by atoms with Crippen LogP contribution in [0.15, 0.2) is 57.8 Å². The van der Waals surface area contributed by atoms with Gasteiger partial charge >= 0.3 is 0 Å². The van der Waals surface area contributed by atoms with Crippen molar-refractivity contribution in [2.24, 2.45) is 15.9 Å². The smallest absolute Gasteiger partial charge is 0.211 e. The van der Waals surface area contributed by atoms with Crippen LogP contribution in [0.4, 0.5) is 0 Å². The zero-order valence-corrected chi connectivity index (χ0v) is 12.3. The number of carbonyl (C=O) groups excluding carboxylic acids is 2. The molecule has 0 saturated carbocycles. The predicted octanol–water partition coefficient (Wildman–Crippen LogP) is 4.14. The van der Waals surface area contributed by atoms with Crippen molar-refractivity contribution >= 4 is 12.2 Å². The maximum atomic E-state index is 10.1. The monoisotopic (exact) mass is 284 g/mol. The van der Waals surface area contributed by atoms with E-state index in [0.717, 1.165) is 32.1 Å². The molecule has 0 unspecified atom stereocenters. The Morgan fingerprint density at radius 2 is 1.76 bits per heavy atom. The molecule has 0 aromatic heterocycles. The molecule has 0 aromatic carbocycles. The summed E-state index contributed by atoms with van der Waals surface area (Å²) in [7, 11) is 0. The largest absolute Gasteiger partial charge is 0.240 e. The summed E-state index contributed by atoms with van der Waals surface area (Å²) in [6, 6.07) is 0. The molecule has 0 spiro atoms. The van der Waals surface area contributed by atoms with Crippen molar-refractivity contribution in [1.82, 2.24) is 0 Å². The second-order valence-corrected chi connectivity index (χ2v) is 4.99. The maximum absolute atomic E-state index is 10.1. The average molecular weight is 284 g/mol. The topological polar surface area (TPSA) is 58.9 Å². The van der Waals surface area contributed by atoms with Crippen LogP contribution in [0.1, 0.15) is 39.0 Å². The van der Waals surface area contributed by atoms with Gasteiger partial charge in [0.15, 0.2) is 0 Å². The van der Waals surface area contributed by atoms with E-state index < -0.39 is 0 Å². The standard InChI is InChI=1S/C17H20N2O2/c1-14(18-12-20)6-4-3-5-7-16(17-10-11-17)9-8-15(2)19-13-21/h8-11,17H,1,3-7H2,2H3/b15-8+,16-9-. The van der Waals surface area contributed by atoms with Crippen molar-refractivity contribution in [1.29, 1.82) is 0 Å². The molecule has 0 radical (unpaired) electrons. The Morgan fingerprint density at radius 3 is 2.38 bits per heavy atom. The molecule has 4 heteroatoms. The fraction of sp³-hybridized carbons (Fsp3) is 0.412. The van der Waals surface area contributed by atoms with E-state index >= 15 is 0 Å². The summed E-state index contributed by atoms with van der Waals surface area (Å²) in [5.74, 6) is 0.462. The molecule has 0 atom stereocenters. The highest BCUT2D eigenvalue weighted by molar-refractivity contribution is 5.38. The van der Waals surface area contributed by atoms with Gasteiger partial charge in [-0.25, -0.2) is 9.59 Å². The minimum atomic E-state index is 0.462. The second-order valence-electron chi connectivity index (χ2n) is 4.99. The van der Waals surface area contributed by atoms with E-state index in [1.807, 2.05) is 12.2 Å². The Bertz CT molecular complexity index is 551. The normalized spacial score (nSPS) is 14.3. The van der Waals surface area contributed by atoms with Crippen LogP contribution < -0.4 is 0 Å². The van der Waals surface area contributed by atoms with Gasteiger partial charge in [-0.1, -0.05) is 36.8 Å². The van der Waals surface area contributed by atoms with Gasteiger partial charge in [-0.15, -0.1) is 0 Å². The SMILES string of the molecule is C=C(CCCCC/C(=C/C=C(\C)N=C=O)C1C=C1)N=C=O. The van der Waals surface area contributed by atoms with E-state index in [-0.39, 0.29) is 0 Å². The molecule has 1 aliphatic rings. The Kier molecular flexibility index (Phi) is 7.67. The van der Waals surface area contributed by atoms with Crippen molar-refractivity contribution in [3.8, 4) is 0 Å². The third-order valence-corrected chi connectivity index (χ3v) is 3.21. The fourth-order valence-electron chi connectivity index (χ4n) is 1.96. The number of hydrogen-bond acceptors (Lipinski definition) is 4. The molecule has 0 heterocycles. The van der Waals surface area contributed by atoms with E-state index in [1.165, 1.54) is 17.7 Å². The Hall–Kier alpha value is -2.28. The predicted molar refractivity (Wildman–Crippen MR) is 82.9 cm³/mol. The number of allylic oxidation sites excluding steroid dienone is 7. The summed E-state index contributed by atoms with van der Waals surface area (Å²) in [5.41, 5.74) is 2.58. The summed E-state index contributed by atoms with van der Waals surface area (Å²) >= 11 is 0. The van der Waals surface area contributed by atoms with Gasteiger partial charge in [0.05, 0.1) is 5.70 Å². The third-order valence-electron chi connectivity index (χ3n) is 3.21. The maximum Gasteiger partial charge on any atom is 0.240 e. The van der Waals surface area contributed by atoms with E-state index in [4.69, 9.17) is 0 Å². The number of hydrogen-bond donors (Lipinski definition) is 0. The van der Waals surface area contributed by atoms with Gasteiger partial charge in [0.2, 0.25) is 12.2 Å². The molecule has 1 aliphatic carbocycles. The lowest BCUT2D eigenvalue weighted by atomic mass is 10.0. The molecule has 0 aromatic rings. The molecule has 0 fully saturated rings. The van der Waals surface area contributed by atoms with Crippen molar-refractivity contribution in [2.75, 3.05) is 0 Å². The van der Waals surface area contributed by atoms with E-state index in [2.05, 4.69) is 28.7 Å². The molecular weight excluding hydrogens is 264 g/mol. The molecule has 1 rings (SSSR count). The first-order valence-electron chi connectivity index (χ1n) is 7.06. The Labute approximate surface area is 125 Å². The Balaban J connectivity index is 2.34. The lowest BCUT2D eigenvalue weighted by Crippen LogP contribution is -1.89. The minimum Gasteiger partial charge on any atom is -0.211 e. The molecule has 0 saturated heterocycles. The van der Waals surface area contributed by atoms with Crippen LogP contribution in [0.3, 0.4) is 0 Å². The van der Waals surface area contributed by atoms with Crippen LogP contribution in [0.5, 0.6) is 0 Å². The van der Waals surface area contributed by atoms with E-state index in [1.54, 1.807) is 6.92 Å². The highest BCUT2D eigenvalue weighted by Crippen LogP contribution is 2.30. The number of nitrogens with zero attached hydrogens (tertiary/aromatic N) is 2. The van der Waals surface area contributed by atoms with Crippen LogP contribution in [0.25, 0.3) is 0 Å². The van der Waals surface area contributed by atoms with Gasteiger partial charge in [-0.05, 0) is 38.7 Å². The number of rotatable bonds is 10. The van der Waals surface area contributed by atoms with Gasteiger partial charge < -0.3 is 0 Å². The Morgan fingerprint density at radius 1 is 1.10 bits per heavy atom. The minimum absolute atomic E-state index is 0.462. The average Bonchev–Trinajstić information content (AvgIpc) is 3.27. The highest BCUT2D eigenvalue weighted by atomic mass is 16.1. The van der Waals surface area contributed by atoms with Crippen molar-refractivity contribution in [2.45, 2.75) is 39.0 Å². The van der Waals surface area contributed by atoms with Crippen LogP contribution in [-0.4, -0.2) is 12.2 Å². The third kappa shape index (κ3) is 7.78. The number of aliphatic imine (C=N–C) groups is 2. The van der Waals surface area contributed by atoms with Gasteiger partial charge in [0.1, 0.15) is 0 Å². The van der Waals surface area contributed by atoms with Crippen LogP contribution in [0.2, 0.25) is 0 Å². The van der Waals surface area contributed by atoms with Crippen LogP contribution in [0, 0.1) is 5.92 Å². The van der Waals surface area contributed by atoms with Crippen molar-refractivity contribution in [3.63, 3.8) is 0 Å². The highest BCUT2D eigenvalue weighted by Gasteiger charge is 2.15.